The maximum absolute atomic E-state index is 14.9. The summed E-state index contributed by atoms with van der Waals surface area (Å²) in [5, 5.41) is 5.99. The van der Waals surface area contributed by atoms with Gasteiger partial charge in [0.1, 0.15) is 31.4 Å². The van der Waals surface area contributed by atoms with Crippen molar-refractivity contribution in [1.82, 2.24) is 15.5 Å². The van der Waals surface area contributed by atoms with Crippen LogP contribution in [0.15, 0.2) is 140 Å². The molecule has 1 aliphatic heterocycles. The Morgan fingerprint density at radius 3 is 1.61 bits per heavy atom. The van der Waals surface area contributed by atoms with Crippen LogP contribution in [0.1, 0.15) is 74.8 Å². The van der Waals surface area contributed by atoms with E-state index in [1.165, 1.54) is 4.90 Å². The first-order valence-electron chi connectivity index (χ1n) is 21.5. The fraction of sp³-hybridized carbons (Fsp3) is 0.365. The van der Waals surface area contributed by atoms with Gasteiger partial charge in [0.15, 0.2) is 0 Å². The lowest BCUT2D eigenvalue weighted by molar-refractivity contribution is -0.144. The molecule has 0 unspecified atom stereocenters. The van der Waals surface area contributed by atoms with Crippen LogP contribution in [-0.4, -0.2) is 72.4 Å². The van der Waals surface area contributed by atoms with Gasteiger partial charge in [-0.15, -0.1) is 0 Å². The Labute approximate surface area is 365 Å². The second kappa shape index (κ2) is 19.9. The number of nitrogens with one attached hydrogen (secondary N) is 2. The van der Waals surface area contributed by atoms with Gasteiger partial charge in [0.25, 0.3) is 0 Å². The smallest absolute Gasteiger partial charge is 0.407 e. The SMILES string of the molecule is CC(C)(C)CC(C)(C)NC(=O)[C@H]1[C@@H](OCc2ccccc2)[C@@H](OCc2ccccc2)[C@@H](COCc2ccccc2)N1C(=O)CNC(=O)OCC1c2ccccc2-c2ccccc21. The third-order valence-corrected chi connectivity index (χ3v) is 11.4. The second-order valence-electron chi connectivity index (χ2n) is 18.1. The van der Waals surface area contributed by atoms with Gasteiger partial charge in [-0.05, 0) is 64.6 Å². The van der Waals surface area contributed by atoms with Gasteiger partial charge in [-0.25, -0.2) is 4.79 Å². The number of hydrogen-bond acceptors (Lipinski definition) is 7. The highest BCUT2D eigenvalue weighted by molar-refractivity contribution is 5.91. The maximum atomic E-state index is 14.9. The third kappa shape index (κ3) is 11.2. The third-order valence-electron chi connectivity index (χ3n) is 11.4. The van der Waals surface area contributed by atoms with Crippen molar-refractivity contribution in [2.24, 2.45) is 5.41 Å². The Bertz CT molecular complexity index is 2220. The normalized spacial score (nSPS) is 18.5. The van der Waals surface area contributed by atoms with Gasteiger partial charge in [0.05, 0.1) is 32.5 Å². The van der Waals surface area contributed by atoms with Crippen LogP contribution in [0.5, 0.6) is 0 Å². The second-order valence-corrected chi connectivity index (χ2v) is 18.1. The predicted octanol–water partition coefficient (Wildman–Crippen LogP) is 8.82. The topological polar surface area (TPSA) is 115 Å². The van der Waals surface area contributed by atoms with Crippen LogP contribution in [-0.2, 0) is 48.4 Å². The molecule has 1 heterocycles. The van der Waals surface area contributed by atoms with Crippen molar-refractivity contribution in [2.45, 2.75) is 96.6 Å². The lowest BCUT2D eigenvalue weighted by Gasteiger charge is -2.36. The van der Waals surface area contributed by atoms with E-state index in [0.717, 1.165) is 38.9 Å². The molecule has 2 N–H and O–H groups in total. The molecule has 10 heteroatoms. The molecule has 62 heavy (non-hydrogen) atoms. The average molecular weight is 838 g/mol. The van der Waals surface area contributed by atoms with Crippen LogP contribution in [0.25, 0.3) is 11.1 Å². The highest BCUT2D eigenvalue weighted by Crippen LogP contribution is 2.44. The van der Waals surface area contributed by atoms with E-state index in [2.05, 4.69) is 55.7 Å². The van der Waals surface area contributed by atoms with Crippen LogP contribution in [0.4, 0.5) is 4.79 Å². The monoisotopic (exact) mass is 837 g/mol. The number of hydrogen-bond donors (Lipinski definition) is 2. The summed E-state index contributed by atoms with van der Waals surface area (Å²) in [6.45, 7) is 10.7. The molecule has 5 aromatic rings. The van der Waals surface area contributed by atoms with E-state index in [1.807, 2.05) is 129 Å². The molecule has 5 aromatic carbocycles. The fourth-order valence-corrected chi connectivity index (χ4v) is 9.18. The highest BCUT2D eigenvalue weighted by atomic mass is 16.6. The molecule has 4 atom stereocenters. The Hall–Kier alpha value is -5.81. The van der Waals surface area contributed by atoms with E-state index < -0.39 is 48.4 Å². The van der Waals surface area contributed by atoms with Crippen LogP contribution in [0.3, 0.4) is 0 Å². The largest absolute Gasteiger partial charge is 0.449 e. The summed E-state index contributed by atoms with van der Waals surface area (Å²) in [5.41, 5.74) is 6.43. The lowest BCUT2D eigenvalue weighted by Crippen LogP contribution is -2.58. The van der Waals surface area contributed by atoms with Crippen molar-refractivity contribution in [3.05, 3.63) is 167 Å². The molecular weight excluding hydrogens is 779 g/mol. The Morgan fingerprint density at radius 1 is 0.597 bits per heavy atom. The molecule has 324 valence electrons. The molecule has 10 nitrogen and oxygen atoms in total. The molecule has 0 spiro atoms. The van der Waals surface area contributed by atoms with Crippen molar-refractivity contribution >= 4 is 17.9 Å². The van der Waals surface area contributed by atoms with E-state index in [9.17, 15) is 14.4 Å². The summed E-state index contributed by atoms with van der Waals surface area (Å²) in [7, 11) is 0. The Morgan fingerprint density at radius 2 is 1.08 bits per heavy atom. The summed E-state index contributed by atoms with van der Waals surface area (Å²) < 4.78 is 25.7. The summed E-state index contributed by atoms with van der Waals surface area (Å²) in [4.78, 5) is 44.8. The molecule has 1 saturated heterocycles. The average Bonchev–Trinajstić information content (AvgIpc) is 3.75. The minimum absolute atomic E-state index is 0.0331. The standard InChI is InChI=1S/C52H59N3O7/c1-51(2,3)35-52(4,5)54-49(57)46-48(61-32-38-23-13-8-14-24-38)47(60-31-37-21-11-7-12-22-37)44(34-59-30-36-19-9-6-10-20-36)55(46)45(56)29-53-50(58)62-33-43-41-27-17-15-25-39(41)40-26-16-18-28-42(40)43/h6-28,43-44,46-48H,29-35H2,1-5H3,(H,53,58)(H,54,57)/t44-,46-,47+,48-/m1/s1. The number of carbonyl (C=O) groups is 3. The lowest BCUT2D eigenvalue weighted by atomic mass is 9.81. The number of fused-ring (bicyclic) bond motifs is 3. The van der Waals surface area contributed by atoms with Crippen LogP contribution in [0.2, 0.25) is 0 Å². The summed E-state index contributed by atoms with van der Waals surface area (Å²) in [6.07, 6.45) is -1.77. The molecule has 0 bridgehead atoms. The first-order valence-corrected chi connectivity index (χ1v) is 21.5. The number of rotatable bonds is 17. The molecule has 7 rings (SSSR count). The van der Waals surface area contributed by atoms with E-state index in [1.54, 1.807) is 0 Å². The van der Waals surface area contributed by atoms with E-state index in [0.29, 0.717) is 6.42 Å². The maximum Gasteiger partial charge on any atom is 0.407 e. The Balaban J connectivity index is 1.17. The zero-order valence-electron chi connectivity index (χ0n) is 36.4. The van der Waals surface area contributed by atoms with Crippen molar-refractivity contribution in [2.75, 3.05) is 19.8 Å². The van der Waals surface area contributed by atoms with E-state index >= 15 is 0 Å². The number of ether oxygens (including phenoxy) is 4. The first kappa shape index (κ1) is 44.3. The molecule has 0 aromatic heterocycles. The minimum Gasteiger partial charge on any atom is -0.449 e. The van der Waals surface area contributed by atoms with Crippen molar-refractivity contribution in [3.8, 4) is 11.1 Å². The molecule has 3 amide bonds. The summed E-state index contributed by atoms with van der Waals surface area (Å²) in [5.74, 6) is -1.03. The summed E-state index contributed by atoms with van der Waals surface area (Å²) >= 11 is 0. The number of carbonyl (C=O) groups excluding carboxylic acids is 3. The van der Waals surface area contributed by atoms with Crippen molar-refractivity contribution < 1.29 is 33.3 Å². The molecule has 1 aliphatic carbocycles. The van der Waals surface area contributed by atoms with Crippen LogP contribution >= 0.6 is 0 Å². The van der Waals surface area contributed by atoms with Gasteiger partial charge in [-0.2, -0.15) is 0 Å². The summed E-state index contributed by atoms with van der Waals surface area (Å²) in [6, 6.07) is 43.6. The number of nitrogens with zero attached hydrogens (tertiary/aromatic N) is 1. The van der Waals surface area contributed by atoms with Gasteiger partial charge in [-0.3, -0.25) is 9.59 Å². The van der Waals surface area contributed by atoms with Gasteiger partial charge < -0.3 is 34.5 Å². The molecule has 0 radical (unpaired) electrons. The fourth-order valence-electron chi connectivity index (χ4n) is 9.18. The van der Waals surface area contributed by atoms with E-state index in [4.69, 9.17) is 18.9 Å². The predicted molar refractivity (Wildman–Crippen MR) is 240 cm³/mol. The van der Waals surface area contributed by atoms with Crippen LogP contribution < -0.4 is 10.6 Å². The van der Waals surface area contributed by atoms with Crippen molar-refractivity contribution in [1.29, 1.82) is 0 Å². The number of amides is 3. The quantitative estimate of drug-likeness (QED) is 0.0963. The van der Waals surface area contributed by atoms with Gasteiger partial charge >= 0.3 is 6.09 Å². The zero-order valence-corrected chi connectivity index (χ0v) is 36.4. The van der Waals surface area contributed by atoms with Gasteiger partial charge in [-0.1, -0.05) is 160 Å². The number of likely N-dealkylation sites (tertiary alicyclic amines) is 1. The highest BCUT2D eigenvalue weighted by Gasteiger charge is 2.56. The van der Waals surface area contributed by atoms with Crippen molar-refractivity contribution in [3.63, 3.8) is 0 Å². The molecular formula is C52H59N3O7. The number of benzene rings is 5. The Kier molecular flexibility index (Phi) is 14.2. The minimum atomic E-state index is -1.14. The number of alkyl carbamates (subject to hydrolysis) is 1. The molecule has 0 saturated carbocycles. The van der Waals surface area contributed by atoms with Gasteiger partial charge in [0, 0.05) is 11.5 Å². The first-order chi connectivity index (χ1) is 29.9. The molecule has 1 fully saturated rings. The molecule has 2 aliphatic rings. The zero-order chi connectivity index (χ0) is 43.7. The van der Waals surface area contributed by atoms with E-state index in [-0.39, 0.29) is 50.3 Å². The van der Waals surface area contributed by atoms with Gasteiger partial charge in [0.2, 0.25) is 11.8 Å². The van der Waals surface area contributed by atoms with Crippen LogP contribution in [0, 0.1) is 5.41 Å².